The molecule has 0 radical (unpaired) electrons. The van der Waals surface area contributed by atoms with Gasteiger partial charge in [-0.2, -0.15) is 0 Å². The lowest BCUT2D eigenvalue weighted by atomic mass is 9.91. The van der Waals surface area contributed by atoms with Crippen molar-refractivity contribution >= 4 is 54.3 Å². The number of fused-ring (bicyclic) bond motifs is 10. The molecule has 4 nitrogen and oxygen atoms in total. The highest BCUT2D eigenvalue weighted by atomic mass is 16.3. The summed E-state index contributed by atoms with van der Waals surface area (Å²) in [5.41, 5.74) is 9.15. The van der Waals surface area contributed by atoms with E-state index in [0.717, 1.165) is 60.7 Å². The minimum atomic E-state index is 0.627. The molecule has 256 valence electrons. The summed E-state index contributed by atoms with van der Waals surface area (Å²) in [5, 5.41) is 9.39. The molecular weight excluding hydrogens is 671 g/mol. The number of para-hydroxylation sites is 1. The van der Waals surface area contributed by atoms with Crippen LogP contribution in [0.5, 0.6) is 0 Å². The largest absolute Gasteiger partial charge is 0.455 e. The summed E-state index contributed by atoms with van der Waals surface area (Å²) in [5.74, 6) is 1.90. The van der Waals surface area contributed by atoms with Crippen LogP contribution in [0.1, 0.15) is 0 Å². The molecule has 0 atom stereocenters. The van der Waals surface area contributed by atoms with Gasteiger partial charge in [-0.25, -0.2) is 15.0 Å². The molecule has 0 aliphatic heterocycles. The molecule has 0 N–H and O–H groups in total. The van der Waals surface area contributed by atoms with Crippen molar-refractivity contribution in [1.29, 1.82) is 0 Å². The summed E-state index contributed by atoms with van der Waals surface area (Å²) in [6.07, 6.45) is 0. The standard InChI is InChI=1S/C51H31N3O/c1-3-12-32(13-4-1)33-22-24-35(25-23-33)50-52-49(34-14-5-2-6-15-34)53-51(54-50)38-17-11-16-36(30-38)37-26-27-43-45(31-37)40-19-8-7-18-39(40)42-28-29-44-41-20-9-10-21-46(41)55-48(44)47(42)43/h1-31H. The van der Waals surface area contributed by atoms with Crippen LogP contribution < -0.4 is 0 Å². The second-order valence-electron chi connectivity index (χ2n) is 14.0. The fourth-order valence-corrected chi connectivity index (χ4v) is 8.03. The number of furan rings is 1. The Morgan fingerprint density at radius 3 is 1.47 bits per heavy atom. The van der Waals surface area contributed by atoms with E-state index in [9.17, 15) is 0 Å². The average Bonchev–Trinajstić information content (AvgIpc) is 3.66. The maximum atomic E-state index is 6.59. The second-order valence-corrected chi connectivity index (χ2v) is 14.0. The van der Waals surface area contributed by atoms with Crippen molar-refractivity contribution in [3.05, 3.63) is 188 Å². The zero-order chi connectivity index (χ0) is 36.3. The highest BCUT2D eigenvalue weighted by molar-refractivity contribution is 6.32. The first-order valence-electron chi connectivity index (χ1n) is 18.5. The molecule has 2 aromatic heterocycles. The number of nitrogens with zero attached hydrogens (tertiary/aromatic N) is 3. The zero-order valence-corrected chi connectivity index (χ0v) is 29.6. The molecule has 0 unspecified atom stereocenters. The molecule has 55 heavy (non-hydrogen) atoms. The van der Waals surface area contributed by atoms with Crippen LogP contribution in [-0.4, -0.2) is 15.0 Å². The van der Waals surface area contributed by atoms with Gasteiger partial charge in [0.1, 0.15) is 11.2 Å². The predicted octanol–water partition coefficient (Wildman–Crippen LogP) is 13.6. The molecule has 2 heterocycles. The summed E-state index contributed by atoms with van der Waals surface area (Å²) in [4.78, 5) is 15.1. The first kappa shape index (κ1) is 31.1. The molecule has 0 fully saturated rings. The van der Waals surface area contributed by atoms with E-state index in [1.807, 2.05) is 42.5 Å². The monoisotopic (exact) mass is 701 g/mol. The molecule has 0 saturated carbocycles. The summed E-state index contributed by atoms with van der Waals surface area (Å²) in [6, 6.07) is 65.7. The topological polar surface area (TPSA) is 51.8 Å². The van der Waals surface area contributed by atoms with E-state index >= 15 is 0 Å². The molecule has 0 aliphatic rings. The lowest BCUT2D eigenvalue weighted by molar-refractivity contribution is 0.673. The van der Waals surface area contributed by atoms with Crippen molar-refractivity contribution in [2.24, 2.45) is 0 Å². The number of aromatic nitrogens is 3. The molecule has 4 heteroatoms. The van der Waals surface area contributed by atoms with E-state index < -0.39 is 0 Å². The third kappa shape index (κ3) is 5.26. The van der Waals surface area contributed by atoms with Gasteiger partial charge in [-0.15, -0.1) is 0 Å². The fourth-order valence-electron chi connectivity index (χ4n) is 8.03. The Hall–Kier alpha value is -7.43. The maximum Gasteiger partial charge on any atom is 0.164 e. The van der Waals surface area contributed by atoms with Crippen molar-refractivity contribution in [2.75, 3.05) is 0 Å². The molecule has 0 bridgehead atoms. The Morgan fingerprint density at radius 1 is 0.273 bits per heavy atom. The maximum absolute atomic E-state index is 6.59. The Morgan fingerprint density at radius 2 is 0.727 bits per heavy atom. The van der Waals surface area contributed by atoms with Gasteiger partial charge in [-0.1, -0.05) is 164 Å². The van der Waals surface area contributed by atoms with Crippen LogP contribution in [0.2, 0.25) is 0 Å². The van der Waals surface area contributed by atoms with Gasteiger partial charge in [-0.05, 0) is 73.5 Å². The molecule has 0 aliphatic carbocycles. The zero-order valence-electron chi connectivity index (χ0n) is 29.6. The van der Waals surface area contributed by atoms with E-state index in [-0.39, 0.29) is 0 Å². The predicted molar refractivity (Wildman–Crippen MR) is 227 cm³/mol. The van der Waals surface area contributed by atoms with E-state index in [4.69, 9.17) is 19.4 Å². The average molecular weight is 702 g/mol. The summed E-state index contributed by atoms with van der Waals surface area (Å²) in [7, 11) is 0. The Balaban J connectivity index is 1.06. The van der Waals surface area contributed by atoms with Gasteiger partial charge in [0.2, 0.25) is 0 Å². The molecule has 11 rings (SSSR count). The van der Waals surface area contributed by atoms with Crippen LogP contribution in [0.25, 0.3) is 111 Å². The van der Waals surface area contributed by atoms with Crippen molar-refractivity contribution < 1.29 is 4.42 Å². The quantitative estimate of drug-likeness (QED) is 0.168. The third-order valence-corrected chi connectivity index (χ3v) is 10.7. The van der Waals surface area contributed by atoms with Gasteiger partial charge in [0.25, 0.3) is 0 Å². The van der Waals surface area contributed by atoms with Crippen molar-refractivity contribution in [3.63, 3.8) is 0 Å². The van der Waals surface area contributed by atoms with Crippen molar-refractivity contribution in [1.82, 2.24) is 15.0 Å². The minimum Gasteiger partial charge on any atom is -0.455 e. The van der Waals surface area contributed by atoms with Crippen LogP contribution in [0.15, 0.2) is 192 Å². The van der Waals surface area contributed by atoms with Crippen LogP contribution in [0.4, 0.5) is 0 Å². The minimum absolute atomic E-state index is 0.627. The van der Waals surface area contributed by atoms with Crippen LogP contribution in [0.3, 0.4) is 0 Å². The lowest BCUT2D eigenvalue weighted by Crippen LogP contribution is -2.00. The SMILES string of the molecule is c1ccc(-c2ccc(-c3nc(-c4ccccc4)nc(-c4cccc(-c5ccc6c(c5)c5ccccc5c5ccc7c8ccccc8oc7c56)c4)n3)cc2)cc1. The van der Waals surface area contributed by atoms with Crippen LogP contribution >= 0.6 is 0 Å². The first-order chi connectivity index (χ1) is 27.2. The number of hydrogen-bond donors (Lipinski definition) is 0. The van der Waals surface area contributed by atoms with Crippen molar-refractivity contribution in [3.8, 4) is 56.4 Å². The van der Waals surface area contributed by atoms with E-state index in [1.54, 1.807) is 0 Å². The highest BCUT2D eigenvalue weighted by Crippen LogP contribution is 2.43. The molecule has 9 aromatic carbocycles. The summed E-state index contributed by atoms with van der Waals surface area (Å²) in [6.45, 7) is 0. The fraction of sp³-hybridized carbons (Fsp3) is 0. The van der Waals surface area contributed by atoms with Gasteiger partial charge < -0.3 is 4.42 Å². The van der Waals surface area contributed by atoms with Gasteiger partial charge >= 0.3 is 0 Å². The van der Waals surface area contributed by atoms with Crippen molar-refractivity contribution in [2.45, 2.75) is 0 Å². The lowest BCUT2D eigenvalue weighted by Gasteiger charge is -2.13. The molecule has 0 amide bonds. The molecule has 11 aromatic rings. The van der Waals surface area contributed by atoms with Gasteiger partial charge in [0.05, 0.1) is 0 Å². The Bertz CT molecular complexity index is 3240. The highest BCUT2D eigenvalue weighted by Gasteiger charge is 2.18. The number of benzene rings is 9. The Labute approximate surface area is 317 Å². The number of hydrogen-bond acceptors (Lipinski definition) is 4. The summed E-state index contributed by atoms with van der Waals surface area (Å²) >= 11 is 0. The smallest absolute Gasteiger partial charge is 0.164 e. The third-order valence-electron chi connectivity index (χ3n) is 10.7. The molecule has 0 spiro atoms. The van der Waals surface area contributed by atoms with E-state index in [2.05, 4.69) is 146 Å². The van der Waals surface area contributed by atoms with Crippen LogP contribution in [-0.2, 0) is 0 Å². The molecule has 0 saturated heterocycles. The Kier molecular flexibility index (Phi) is 7.14. The van der Waals surface area contributed by atoms with Crippen LogP contribution in [0, 0.1) is 0 Å². The normalized spacial score (nSPS) is 11.6. The van der Waals surface area contributed by atoms with Gasteiger partial charge in [0.15, 0.2) is 17.5 Å². The number of rotatable bonds is 5. The van der Waals surface area contributed by atoms with Gasteiger partial charge in [0, 0.05) is 32.8 Å². The van der Waals surface area contributed by atoms with E-state index in [1.165, 1.54) is 32.5 Å². The van der Waals surface area contributed by atoms with Gasteiger partial charge in [-0.3, -0.25) is 0 Å². The first-order valence-corrected chi connectivity index (χ1v) is 18.5. The molecular formula is C51H31N3O. The van der Waals surface area contributed by atoms with E-state index in [0.29, 0.717) is 17.5 Å². The second kappa shape index (κ2) is 12.6. The summed E-state index contributed by atoms with van der Waals surface area (Å²) < 4.78 is 6.59.